The molecule has 0 aliphatic carbocycles. The van der Waals surface area contributed by atoms with Gasteiger partial charge in [0.15, 0.2) is 0 Å². The van der Waals surface area contributed by atoms with Gasteiger partial charge in [-0.05, 0) is 71.2 Å². The molecule has 4 N–H and O–H groups in total. The maximum atomic E-state index is 12.7. The predicted octanol–water partition coefficient (Wildman–Crippen LogP) is 5.60. The second-order valence-corrected chi connectivity index (χ2v) is 8.97. The van der Waals surface area contributed by atoms with E-state index in [-0.39, 0.29) is 36.6 Å². The topological polar surface area (TPSA) is 87.5 Å². The summed E-state index contributed by atoms with van der Waals surface area (Å²) in [6, 6.07) is 0. The van der Waals surface area contributed by atoms with E-state index in [0.717, 1.165) is 84.1 Å². The number of hydrogen-bond acceptors (Lipinski definition) is 5. The fourth-order valence-electron chi connectivity index (χ4n) is 3.76. The van der Waals surface area contributed by atoms with Gasteiger partial charge >= 0.3 is 0 Å². The van der Waals surface area contributed by atoms with Crippen molar-refractivity contribution in [3.05, 3.63) is 0 Å². The molecule has 0 heterocycles. The Morgan fingerprint density at radius 2 is 1.00 bits per heavy atom. The highest BCUT2D eigenvalue weighted by Crippen LogP contribution is 2.11. The number of carbonyl (C=O) groups excluding carboxylic acids is 2. The van der Waals surface area contributed by atoms with Crippen LogP contribution < -0.4 is 16.4 Å². The highest BCUT2D eigenvalue weighted by atomic mass is 35.5. The fourth-order valence-corrected chi connectivity index (χ4v) is 3.76. The monoisotopic (exact) mass is 526 g/mol. The Hall–Kier alpha value is -0.400. The molecule has 8 heteroatoms. The normalized spacial score (nSPS) is 10.4. The van der Waals surface area contributed by atoms with Gasteiger partial charge in [-0.3, -0.25) is 14.5 Å². The second-order valence-electron chi connectivity index (χ2n) is 8.97. The van der Waals surface area contributed by atoms with Gasteiger partial charge in [0.25, 0.3) is 0 Å². The molecule has 0 radical (unpaired) electrons. The van der Waals surface area contributed by atoms with Crippen LogP contribution in [0.5, 0.6) is 0 Å². The number of amides is 2. The van der Waals surface area contributed by atoms with Crippen molar-refractivity contribution in [2.45, 2.75) is 117 Å². The first-order valence-electron chi connectivity index (χ1n) is 13.6. The minimum absolute atomic E-state index is 0. The molecule has 0 saturated heterocycles. The van der Waals surface area contributed by atoms with E-state index < -0.39 is 0 Å². The number of hydrogen-bond donors (Lipinski definition) is 3. The van der Waals surface area contributed by atoms with Crippen LogP contribution in [-0.4, -0.2) is 56.0 Å². The van der Waals surface area contributed by atoms with Crippen LogP contribution >= 0.6 is 24.8 Å². The van der Waals surface area contributed by atoms with Gasteiger partial charge in [-0.1, -0.05) is 65.2 Å². The number of carbonyl (C=O) groups is 2. The van der Waals surface area contributed by atoms with Crippen molar-refractivity contribution >= 4 is 36.6 Å². The van der Waals surface area contributed by atoms with Gasteiger partial charge in [-0.15, -0.1) is 24.8 Å². The van der Waals surface area contributed by atoms with Crippen molar-refractivity contribution in [3.8, 4) is 0 Å². The number of nitrogens with two attached hydrogens (primary N) is 1. The number of imide groups is 1. The largest absolute Gasteiger partial charge is 0.330 e. The molecule has 0 aromatic rings. The molecule has 206 valence electrons. The highest BCUT2D eigenvalue weighted by molar-refractivity contribution is 5.95. The van der Waals surface area contributed by atoms with E-state index in [9.17, 15) is 9.59 Å². The van der Waals surface area contributed by atoms with E-state index in [0.29, 0.717) is 19.4 Å². The molecule has 0 atom stereocenters. The summed E-state index contributed by atoms with van der Waals surface area (Å²) in [6.07, 6.45) is 16.4. The molecule has 0 aromatic heterocycles. The third-order valence-electron chi connectivity index (χ3n) is 5.84. The van der Waals surface area contributed by atoms with Crippen molar-refractivity contribution in [2.24, 2.45) is 5.73 Å². The Morgan fingerprint density at radius 3 is 1.44 bits per heavy atom. The van der Waals surface area contributed by atoms with E-state index in [4.69, 9.17) is 5.73 Å². The molecule has 0 aliphatic rings. The maximum Gasteiger partial charge on any atom is 0.229 e. The average Bonchev–Trinajstić information content (AvgIpc) is 2.79. The smallest absolute Gasteiger partial charge is 0.229 e. The van der Waals surface area contributed by atoms with Crippen molar-refractivity contribution < 1.29 is 9.59 Å². The van der Waals surface area contributed by atoms with E-state index in [1.54, 1.807) is 4.90 Å². The first-order valence-corrected chi connectivity index (χ1v) is 13.6. The predicted molar refractivity (Wildman–Crippen MR) is 151 cm³/mol. The van der Waals surface area contributed by atoms with Crippen LogP contribution in [0.1, 0.15) is 117 Å². The Labute approximate surface area is 223 Å². The van der Waals surface area contributed by atoms with Crippen LogP contribution in [0.25, 0.3) is 0 Å². The van der Waals surface area contributed by atoms with E-state index >= 15 is 0 Å². The van der Waals surface area contributed by atoms with Crippen molar-refractivity contribution in [1.82, 2.24) is 15.5 Å². The molecule has 0 spiro atoms. The molecule has 34 heavy (non-hydrogen) atoms. The highest BCUT2D eigenvalue weighted by Gasteiger charge is 2.20. The first kappa shape index (κ1) is 38.1. The molecule has 0 bridgehead atoms. The van der Waals surface area contributed by atoms with Crippen LogP contribution in [-0.2, 0) is 9.59 Å². The number of nitrogens with one attached hydrogen (secondary N) is 2. The minimum Gasteiger partial charge on any atom is -0.330 e. The SMILES string of the molecule is CCCCCCCC(=O)N(CCCNCCCCNCCCN)C(=O)CCCCCCC.Cl.Cl. The van der Waals surface area contributed by atoms with Gasteiger partial charge in [-0.2, -0.15) is 0 Å². The molecule has 2 amide bonds. The van der Waals surface area contributed by atoms with Gasteiger partial charge in [0, 0.05) is 19.4 Å². The zero-order valence-corrected chi connectivity index (χ0v) is 23.8. The van der Waals surface area contributed by atoms with Crippen LogP contribution in [0.2, 0.25) is 0 Å². The summed E-state index contributed by atoms with van der Waals surface area (Å²) in [4.78, 5) is 27.0. The molecule has 0 fully saturated rings. The molecule has 0 rings (SSSR count). The third kappa shape index (κ3) is 24.7. The molecule has 6 nitrogen and oxygen atoms in total. The lowest BCUT2D eigenvalue weighted by molar-refractivity contribution is -0.145. The van der Waals surface area contributed by atoms with Gasteiger partial charge in [0.1, 0.15) is 0 Å². The third-order valence-corrected chi connectivity index (χ3v) is 5.84. The molecule has 0 aromatic carbocycles. The molecule has 0 aliphatic heterocycles. The number of halogens is 2. The standard InChI is InChI=1S/C26H54N4O2.2ClH/c1-3-5-7-9-11-17-25(31)30(26(32)18-12-10-8-6-4-2)24-16-23-29-21-14-13-20-28-22-15-19-27;;/h28-29H,3-24,27H2,1-2H3;2*1H. The van der Waals surface area contributed by atoms with Crippen molar-refractivity contribution in [1.29, 1.82) is 0 Å². The van der Waals surface area contributed by atoms with Gasteiger partial charge < -0.3 is 16.4 Å². The zero-order valence-electron chi connectivity index (χ0n) is 22.2. The first-order chi connectivity index (χ1) is 15.7. The van der Waals surface area contributed by atoms with Crippen molar-refractivity contribution in [2.75, 3.05) is 39.3 Å². The lowest BCUT2D eigenvalue weighted by Gasteiger charge is -2.21. The molecule has 0 unspecified atom stereocenters. The van der Waals surface area contributed by atoms with Crippen LogP contribution in [0.4, 0.5) is 0 Å². The number of nitrogens with zero attached hydrogens (tertiary/aromatic N) is 1. The zero-order chi connectivity index (χ0) is 23.7. The fraction of sp³-hybridized carbons (Fsp3) is 0.923. The molecule has 0 saturated carbocycles. The van der Waals surface area contributed by atoms with Crippen LogP contribution in [0.15, 0.2) is 0 Å². The summed E-state index contributed by atoms with van der Waals surface area (Å²) in [6.45, 7) is 9.55. The quantitative estimate of drug-likeness (QED) is 0.142. The minimum atomic E-state index is 0. The Kier molecular flexibility index (Phi) is 34.4. The Balaban J connectivity index is -0.00000480. The Morgan fingerprint density at radius 1 is 0.588 bits per heavy atom. The summed E-state index contributed by atoms with van der Waals surface area (Å²) in [7, 11) is 0. The molecular weight excluding hydrogens is 471 g/mol. The number of rotatable bonds is 24. The van der Waals surface area contributed by atoms with E-state index in [2.05, 4.69) is 24.5 Å². The second kappa shape index (κ2) is 30.6. The Bertz CT molecular complexity index is 417. The van der Waals surface area contributed by atoms with Gasteiger partial charge in [0.2, 0.25) is 11.8 Å². The van der Waals surface area contributed by atoms with Crippen LogP contribution in [0, 0.1) is 0 Å². The average molecular weight is 528 g/mol. The van der Waals surface area contributed by atoms with Crippen molar-refractivity contribution in [3.63, 3.8) is 0 Å². The maximum absolute atomic E-state index is 12.7. The number of unbranched alkanes of at least 4 members (excludes halogenated alkanes) is 9. The lowest BCUT2D eigenvalue weighted by Crippen LogP contribution is -2.38. The van der Waals surface area contributed by atoms with Crippen LogP contribution in [0.3, 0.4) is 0 Å². The summed E-state index contributed by atoms with van der Waals surface area (Å²) in [5, 5.41) is 6.85. The summed E-state index contributed by atoms with van der Waals surface area (Å²) < 4.78 is 0. The summed E-state index contributed by atoms with van der Waals surface area (Å²) in [5.74, 6) is 0.0622. The van der Waals surface area contributed by atoms with E-state index in [1.165, 1.54) is 38.5 Å². The van der Waals surface area contributed by atoms with E-state index in [1.807, 2.05) is 0 Å². The van der Waals surface area contributed by atoms with Gasteiger partial charge in [0.05, 0.1) is 0 Å². The summed E-state index contributed by atoms with van der Waals surface area (Å²) >= 11 is 0. The lowest BCUT2D eigenvalue weighted by atomic mass is 10.1. The molecular formula is C26H56Cl2N4O2. The summed E-state index contributed by atoms with van der Waals surface area (Å²) in [5.41, 5.74) is 5.48. The van der Waals surface area contributed by atoms with Gasteiger partial charge in [-0.25, -0.2) is 0 Å².